The van der Waals surface area contributed by atoms with Crippen LogP contribution in [0.2, 0.25) is 5.28 Å². The average Bonchev–Trinajstić information content (AvgIpc) is 2.51. The van der Waals surface area contributed by atoms with Crippen LogP contribution in [-0.4, -0.2) is 41.6 Å². The van der Waals surface area contributed by atoms with Gasteiger partial charge in [-0.25, -0.2) is 18.4 Å². The predicted octanol–water partition coefficient (Wildman–Crippen LogP) is 1.44. The van der Waals surface area contributed by atoms with Crippen molar-refractivity contribution in [1.82, 2.24) is 15.0 Å². The van der Waals surface area contributed by atoms with Gasteiger partial charge in [0.25, 0.3) is 0 Å². The fraction of sp³-hybridized carbons (Fsp3) is 0.250. The number of aromatic nitrogens is 3. The van der Waals surface area contributed by atoms with Crippen molar-refractivity contribution >= 4 is 38.9 Å². The normalized spacial score (nSPS) is 11.1. The van der Waals surface area contributed by atoms with Crippen LogP contribution in [0.1, 0.15) is 5.56 Å². The van der Waals surface area contributed by atoms with Crippen LogP contribution in [0, 0.1) is 10.1 Å². The third kappa shape index (κ3) is 4.06. The molecule has 24 heavy (non-hydrogen) atoms. The summed E-state index contributed by atoms with van der Waals surface area (Å²) in [5.41, 5.74) is 0.163. The zero-order valence-corrected chi connectivity index (χ0v) is 14.2. The van der Waals surface area contributed by atoms with E-state index in [4.69, 9.17) is 11.6 Å². The zero-order chi connectivity index (χ0) is 17.9. The molecule has 0 atom stereocenters. The van der Waals surface area contributed by atoms with Crippen molar-refractivity contribution in [3.63, 3.8) is 0 Å². The summed E-state index contributed by atoms with van der Waals surface area (Å²) in [7, 11) is -2.14. The summed E-state index contributed by atoms with van der Waals surface area (Å²) in [5.74, 6) is 0.132. The van der Waals surface area contributed by atoms with Crippen LogP contribution in [0.25, 0.3) is 0 Å². The Kier molecular flexibility index (Phi) is 5.14. The Morgan fingerprint density at radius 3 is 2.75 bits per heavy atom. The van der Waals surface area contributed by atoms with E-state index in [-0.39, 0.29) is 29.2 Å². The molecule has 0 spiro atoms. The molecule has 0 unspecified atom stereocenters. The molecule has 0 amide bonds. The molecule has 0 radical (unpaired) electrons. The highest BCUT2D eigenvalue weighted by atomic mass is 35.5. The molecule has 128 valence electrons. The summed E-state index contributed by atoms with van der Waals surface area (Å²) in [5, 5.41) is 13.6. The van der Waals surface area contributed by atoms with Gasteiger partial charge >= 0.3 is 5.69 Å². The second kappa shape index (κ2) is 6.93. The molecule has 0 aromatic carbocycles. The number of anilines is 2. The van der Waals surface area contributed by atoms with E-state index >= 15 is 0 Å². The minimum Gasteiger partial charge on any atom is -0.360 e. The standard InChI is InChI=1S/C12H13ClN6O4S/c1-18(24(2,22)23)11-8(4-3-5-14-11)6-15-10-9(19(20)21)7-16-12(13)17-10/h3-5,7H,6H2,1-2H3,(H,15,16,17). The van der Waals surface area contributed by atoms with E-state index in [1.54, 1.807) is 12.1 Å². The number of sulfonamides is 1. The van der Waals surface area contributed by atoms with Gasteiger partial charge < -0.3 is 5.32 Å². The number of pyridine rings is 1. The SMILES string of the molecule is CN(c1ncccc1CNc1nc(Cl)ncc1[N+](=O)[O-])S(C)(=O)=O. The van der Waals surface area contributed by atoms with Crippen LogP contribution in [0.5, 0.6) is 0 Å². The van der Waals surface area contributed by atoms with Gasteiger partial charge in [-0.1, -0.05) is 6.07 Å². The maximum absolute atomic E-state index is 11.7. The Morgan fingerprint density at radius 2 is 2.12 bits per heavy atom. The molecular formula is C12H13ClN6O4S. The van der Waals surface area contributed by atoms with Crippen LogP contribution in [0.15, 0.2) is 24.5 Å². The summed E-state index contributed by atoms with van der Waals surface area (Å²) in [6.07, 6.45) is 3.49. The maximum atomic E-state index is 11.7. The third-order valence-electron chi connectivity index (χ3n) is 3.05. The average molecular weight is 373 g/mol. The second-order valence-corrected chi connectivity index (χ2v) is 7.05. The molecule has 10 nitrogen and oxygen atoms in total. The van der Waals surface area contributed by atoms with E-state index in [0.717, 1.165) is 16.8 Å². The monoisotopic (exact) mass is 372 g/mol. The lowest BCUT2D eigenvalue weighted by atomic mass is 10.2. The number of nitrogens with one attached hydrogen (secondary N) is 1. The molecule has 0 aliphatic carbocycles. The summed E-state index contributed by atoms with van der Waals surface area (Å²) in [4.78, 5) is 21.7. The number of hydrogen-bond acceptors (Lipinski definition) is 8. The summed E-state index contributed by atoms with van der Waals surface area (Å²) >= 11 is 5.66. The molecule has 0 fully saturated rings. The van der Waals surface area contributed by atoms with Crippen molar-refractivity contribution in [2.24, 2.45) is 0 Å². The lowest BCUT2D eigenvalue weighted by Crippen LogP contribution is -2.27. The summed E-state index contributed by atoms with van der Waals surface area (Å²) in [6, 6.07) is 3.27. The first-order valence-corrected chi connectivity index (χ1v) is 8.71. The van der Waals surface area contributed by atoms with Gasteiger partial charge in [-0.3, -0.25) is 14.4 Å². The van der Waals surface area contributed by atoms with E-state index in [1.807, 2.05) is 0 Å². The van der Waals surface area contributed by atoms with E-state index in [0.29, 0.717) is 5.56 Å². The van der Waals surface area contributed by atoms with Gasteiger partial charge in [0.05, 0.1) is 11.2 Å². The molecule has 0 aliphatic heterocycles. The first kappa shape index (κ1) is 17.8. The minimum atomic E-state index is -3.50. The molecular weight excluding hydrogens is 360 g/mol. The van der Waals surface area contributed by atoms with Crippen molar-refractivity contribution in [1.29, 1.82) is 0 Å². The molecule has 2 aromatic heterocycles. The Balaban J connectivity index is 2.31. The Labute approximate surface area is 142 Å². The number of rotatable bonds is 6. The quantitative estimate of drug-likeness (QED) is 0.457. The van der Waals surface area contributed by atoms with Gasteiger partial charge in [-0.2, -0.15) is 4.98 Å². The Morgan fingerprint density at radius 1 is 1.42 bits per heavy atom. The van der Waals surface area contributed by atoms with Gasteiger partial charge in [0.1, 0.15) is 12.0 Å². The number of nitrogens with zero attached hydrogens (tertiary/aromatic N) is 5. The van der Waals surface area contributed by atoms with Gasteiger partial charge in [-0.05, 0) is 17.7 Å². The molecule has 2 heterocycles. The molecule has 0 saturated carbocycles. The van der Waals surface area contributed by atoms with Crippen LogP contribution in [-0.2, 0) is 16.6 Å². The lowest BCUT2D eigenvalue weighted by Gasteiger charge is -2.19. The molecule has 2 aromatic rings. The highest BCUT2D eigenvalue weighted by Crippen LogP contribution is 2.24. The first-order valence-electron chi connectivity index (χ1n) is 6.48. The van der Waals surface area contributed by atoms with E-state index in [1.165, 1.54) is 13.2 Å². The van der Waals surface area contributed by atoms with Crippen LogP contribution in [0.4, 0.5) is 17.3 Å². The smallest absolute Gasteiger partial charge is 0.329 e. The first-order chi connectivity index (χ1) is 11.2. The van der Waals surface area contributed by atoms with Gasteiger partial charge in [0.2, 0.25) is 21.1 Å². The van der Waals surface area contributed by atoms with E-state index in [9.17, 15) is 18.5 Å². The molecule has 2 rings (SSSR count). The zero-order valence-electron chi connectivity index (χ0n) is 12.7. The van der Waals surface area contributed by atoms with E-state index in [2.05, 4.69) is 20.3 Å². The molecule has 12 heteroatoms. The number of halogens is 1. The van der Waals surface area contributed by atoms with Crippen molar-refractivity contribution in [3.05, 3.63) is 45.5 Å². The highest BCUT2D eigenvalue weighted by molar-refractivity contribution is 7.92. The fourth-order valence-corrected chi connectivity index (χ4v) is 2.42. The maximum Gasteiger partial charge on any atom is 0.329 e. The number of nitro groups is 1. The van der Waals surface area contributed by atoms with Gasteiger partial charge in [-0.15, -0.1) is 0 Å². The van der Waals surface area contributed by atoms with Crippen LogP contribution in [0.3, 0.4) is 0 Å². The topological polar surface area (TPSA) is 131 Å². The van der Waals surface area contributed by atoms with Gasteiger partial charge in [0.15, 0.2) is 0 Å². The summed E-state index contributed by atoms with van der Waals surface area (Å²) < 4.78 is 24.4. The van der Waals surface area contributed by atoms with Crippen molar-refractivity contribution in [2.75, 3.05) is 22.9 Å². The summed E-state index contributed by atoms with van der Waals surface area (Å²) in [6.45, 7) is 0.0528. The van der Waals surface area contributed by atoms with Crippen molar-refractivity contribution < 1.29 is 13.3 Å². The third-order valence-corrected chi connectivity index (χ3v) is 4.40. The van der Waals surface area contributed by atoms with Crippen LogP contribution >= 0.6 is 11.6 Å². The molecule has 0 saturated heterocycles. The number of hydrogen-bond donors (Lipinski definition) is 1. The predicted molar refractivity (Wildman–Crippen MR) is 88.5 cm³/mol. The largest absolute Gasteiger partial charge is 0.360 e. The van der Waals surface area contributed by atoms with Crippen LogP contribution < -0.4 is 9.62 Å². The van der Waals surface area contributed by atoms with Crippen molar-refractivity contribution in [3.8, 4) is 0 Å². The Bertz CT molecular complexity index is 876. The minimum absolute atomic E-state index is 0.0528. The van der Waals surface area contributed by atoms with Crippen molar-refractivity contribution in [2.45, 2.75) is 6.54 Å². The molecule has 0 aliphatic rings. The second-order valence-electron chi connectivity index (χ2n) is 4.70. The molecule has 1 N–H and O–H groups in total. The van der Waals surface area contributed by atoms with E-state index < -0.39 is 14.9 Å². The van der Waals surface area contributed by atoms with Gasteiger partial charge in [0, 0.05) is 25.4 Å². The Hall–Kier alpha value is -2.53. The lowest BCUT2D eigenvalue weighted by molar-refractivity contribution is -0.384. The molecule has 0 bridgehead atoms. The highest BCUT2D eigenvalue weighted by Gasteiger charge is 2.19. The fourth-order valence-electron chi connectivity index (χ4n) is 1.81.